The molecule has 1 aromatic carbocycles. The van der Waals surface area contributed by atoms with Crippen LogP contribution in [0.5, 0.6) is 0 Å². The number of piperidine rings is 1. The Labute approximate surface area is 208 Å². The van der Waals surface area contributed by atoms with Gasteiger partial charge in [0.2, 0.25) is 5.91 Å². The van der Waals surface area contributed by atoms with Gasteiger partial charge < -0.3 is 20.2 Å². The van der Waals surface area contributed by atoms with E-state index in [-0.39, 0.29) is 11.8 Å². The second kappa shape index (κ2) is 10.4. The Kier molecular flexibility index (Phi) is 7.35. The number of nitrogens with zero attached hydrogens (tertiary/aromatic N) is 2. The van der Waals surface area contributed by atoms with Gasteiger partial charge in [0.1, 0.15) is 0 Å². The molecule has 2 saturated heterocycles. The van der Waals surface area contributed by atoms with E-state index >= 15 is 0 Å². The number of amides is 1. The van der Waals surface area contributed by atoms with Crippen LogP contribution >= 0.6 is 11.6 Å². The van der Waals surface area contributed by atoms with Crippen molar-refractivity contribution in [1.82, 2.24) is 10.2 Å². The SMILES string of the molecule is O=C(O)C1CCN(c2cc(Cl)ccc2C2CCN(C(=O)C3CC3CNC3CCCCC3)C2)CC1. The Bertz CT molecular complexity index is 895. The van der Waals surface area contributed by atoms with Gasteiger partial charge in [-0.2, -0.15) is 0 Å². The van der Waals surface area contributed by atoms with E-state index in [1.807, 2.05) is 12.1 Å². The van der Waals surface area contributed by atoms with Crippen molar-refractivity contribution in [2.24, 2.45) is 17.8 Å². The Morgan fingerprint density at radius 2 is 1.79 bits per heavy atom. The number of carboxylic acid groups (broad SMARTS) is 1. The predicted octanol–water partition coefficient (Wildman–Crippen LogP) is 4.52. The summed E-state index contributed by atoms with van der Waals surface area (Å²) in [5.74, 6) is 0.423. The van der Waals surface area contributed by atoms with E-state index in [1.54, 1.807) is 0 Å². The summed E-state index contributed by atoms with van der Waals surface area (Å²) >= 11 is 6.36. The van der Waals surface area contributed by atoms with Crippen molar-refractivity contribution in [1.29, 1.82) is 0 Å². The van der Waals surface area contributed by atoms with Crippen LogP contribution < -0.4 is 10.2 Å². The molecule has 2 heterocycles. The number of carboxylic acids is 1. The second-order valence-corrected chi connectivity index (χ2v) is 11.4. The lowest BCUT2D eigenvalue weighted by Gasteiger charge is -2.34. The predicted molar refractivity (Wildman–Crippen MR) is 134 cm³/mol. The molecule has 0 aromatic heterocycles. The number of likely N-dealkylation sites (tertiary alicyclic amines) is 1. The Morgan fingerprint density at radius 3 is 2.53 bits per heavy atom. The number of anilines is 1. The Balaban J connectivity index is 1.17. The average Bonchev–Trinajstić information content (AvgIpc) is 3.47. The fraction of sp³-hybridized carbons (Fsp3) is 0.704. The first kappa shape index (κ1) is 23.9. The molecule has 2 aliphatic carbocycles. The van der Waals surface area contributed by atoms with Crippen molar-refractivity contribution in [3.05, 3.63) is 28.8 Å². The van der Waals surface area contributed by atoms with Gasteiger partial charge in [-0.3, -0.25) is 9.59 Å². The van der Waals surface area contributed by atoms with Crippen molar-refractivity contribution in [3.8, 4) is 0 Å². The van der Waals surface area contributed by atoms with Gasteiger partial charge >= 0.3 is 5.97 Å². The van der Waals surface area contributed by atoms with Crippen LogP contribution in [0.2, 0.25) is 5.02 Å². The number of carbonyl (C=O) groups is 2. The van der Waals surface area contributed by atoms with Crippen LogP contribution in [-0.4, -0.2) is 60.6 Å². The normalized spacial score (nSPS) is 28.3. The number of benzene rings is 1. The number of nitrogens with one attached hydrogen (secondary N) is 1. The molecule has 186 valence electrons. The molecule has 1 aromatic rings. The summed E-state index contributed by atoms with van der Waals surface area (Å²) in [7, 11) is 0. The molecule has 2 N–H and O–H groups in total. The summed E-state index contributed by atoms with van der Waals surface area (Å²) in [6.07, 6.45) is 9.95. The van der Waals surface area contributed by atoms with Gasteiger partial charge in [0.05, 0.1) is 5.92 Å². The third-order valence-electron chi connectivity index (χ3n) is 8.63. The molecule has 3 unspecified atom stereocenters. The van der Waals surface area contributed by atoms with Gasteiger partial charge in [0.15, 0.2) is 0 Å². The topological polar surface area (TPSA) is 72.9 Å². The van der Waals surface area contributed by atoms with Crippen LogP contribution in [-0.2, 0) is 9.59 Å². The highest BCUT2D eigenvalue weighted by molar-refractivity contribution is 6.30. The summed E-state index contributed by atoms with van der Waals surface area (Å²) in [4.78, 5) is 28.9. The minimum absolute atomic E-state index is 0.203. The molecule has 0 spiro atoms. The summed E-state index contributed by atoms with van der Waals surface area (Å²) < 4.78 is 0. The Morgan fingerprint density at radius 1 is 1.03 bits per heavy atom. The molecule has 2 saturated carbocycles. The largest absolute Gasteiger partial charge is 0.481 e. The van der Waals surface area contributed by atoms with Gasteiger partial charge in [-0.1, -0.05) is 36.9 Å². The maximum atomic E-state index is 13.2. The highest BCUT2D eigenvalue weighted by Crippen LogP contribution is 2.43. The molecule has 0 bridgehead atoms. The van der Waals surface area contributed by atoms with E-state index in [9.17, 15) is 14.7 Å². The zero-order valence-electron chi connectivity index (χ0n) is 20.1. The first-order valence-electron chi connectivity index (χ1n) is 13.3. The van der Waals surface area contributed by atoms with Crippen LogP contribution in [0.1, 0.15) is 69.3 Å². The van der Waals surface area contributed by atoms with Crippen LogP contribution in [0.25, 0.3) is 0 Å². The fourth-order valence-corrected chi connectivity index (χ4v) is 6.52. The third kappa shape index (κ3) is 5.38. The summed E-state index contributed by atoms with van der Waals surface area (Å²) in [5.41, 5.74) is 2.37. The molecule has 2 aliphatic heterocycles. The van der Waals surface area contributed by atoms with Crippen LogP contribution in [0, 0.1) is 17.8 Å². The number of hydrogen-bond donors (Lipinski definition) is 2. The van der Waals surface area contributed by atoms with Crippen LogP contribution in [0.4, 0.5) is 5.69 Å². The van der Waals surface area contributed by atoms with Gasteiger partial charge in [0, 0.05) is 54.8 Å². The molecule has 6 nitrogen and oxygen atoms in total. The first-order chi connectivity index (χ1) is 16.5. The summed E-state index contributed by atoms with van der Waals surface area (Å²) in [6.45, 7) is 4.06. The standard InChI is InChI=1S/C27H38ClN3O3/c28-21-6-7-23(25(15-21)30-11-8-18(9-12-30)27(33)34)19-10-13-31(17-19)26(32)24-14-20(24)16-29-22-4-2-1-3-5-22/h6-7,15,18-20,22,24,29H,1-5,8-14,16-17H2,(H,33,34). The minimum atomic E-state index is -0.691. The monoisotopic (exact) mass is 487 g/mol. The molecule has 0 radical (unpaired) electrons. The maximum Gasteiger partial charge on any atom is 0.306 e. The van der Waals surface area contributed by atoms with E-state index in [2.05, 4.69) is 21.2 Å². The molecule has 7 heteroatoms. The smallest absolute Gasteiger partial charge is 0.306 e. The summed E-state index contributed by atoms with van der Waals surface area (Å²) in [6, 6.07) is 6.75. The van der Waals surface area contributed by atoms with Gasteiger partial charge in [-0.05, 0) is 68.7 Å². The number of halogens is 1. The molecular formula is C27H38ClN3O3. The lowest BCUT2D eigenvalue weighted by atomic mass is 9.92. The van der Waals surface area contributed by atoms with E-state index < -0.39 is 5.97 Å². The maximum absolute atomic E-state index is 13.2. The molecule has 1 amide bonds. The van der Waals surface area contributed by atoms with Crippen LogP contribution in [0.15, 0.2) is 18.2 Å². The van der Waals surface area contributed by atoms with Crippen molar-refractivity contribution < 1.29 is 14.7 Å². The molecule has 4 aliphatic rings. The van der Waals surface area contributed by atoms with Crippen molar-refractivity contribution >= 4 is 29.2 Å². The Hall–Kier alpha value is -1.79. The second-order valence-electron chi connectivity index (χ2n) is 10.9. The van der Waals surface area contributed by atoms with Gasteiger partial charge in [-0.25, -0.2) is 0 Å². The van der Waals surface area contributed by atoms with Gasteiger partial charge in [0.25, 0.3) is 0 Å². The molecule has 5 rings (SSSR count). The molecule has 3 atom stereocenters. The average molecular weight is 488 g/mol. The first-order valence-corrected chi connectivity index (χ1v) is 13.7. The lowest BCUT2D eigenvalue weighted by Crippen LogP contribution is -2.37. The van der Waals surface area contributed by atoms with Crippen LogP contribution in [0.3, 0.4) is 0 Å². The lowest BCUT2D eigenvalue weighted by molar-refractivity contribution is -0.142. The van der Waals surface area contributed by atoms with E-state index in [0.717, 1.165) is 51.3 Å². The van der Waals surface area contributed by atoms with Crippen molar-refractivity contribution in [3.63, 3.8) is 0 Å². The minimum Gasteiger partial charge on any atom is -0.481 e. The van der Waals surface area contributed by atoms with E-state index in [1.165, 1.54) is 37.7 Å². The van der Waals surface area contributed by atoms with Crippen molar-refractivity contribution in [2.75, 3.05) is 37.6 Å². The number of hydrogen-bond acceptors (Lipinski definition) is 4. The molecule has 34 heavy (non-hydrogen) atoms. The highest BCUT2D eigenvalue weighted by atomic mass is 35.5. The van der Waals surface area contributed by atoms with Gasteiger partial charge in [-0.15, -0.1) is 0 Å². The molecular weight excluding hydrogens is 450 g/mol. The number of rotatable bonds is 7. The zero-order chi connectivity index (χ0) is 23.7. The fourth-order valence-electron chi connectivity index (χ4n) is 6.35. The number of carbonyl (C=O) groups excluding carboxylic acids is 1. The highest BCUT2D eigenvalue weighted by Gasteiger charge is 2.46. The van der Waals surface area contributed by atoms with E-state index in [0.29, 0.717) is 41.6 Å². The number of aliphatic carboxylic acids is 1. The molecule has 4 fully saturated rings. The zero-order valence-corrected chi connectivity index (χ0v) is 20.8. The summed E-state index contributed by atoms with van der Waals surface area (Å²) in [5, 5.41) is 13.8. The van der Waals surface area contributed by atoms with E-state index in [4.69, 9.17) is 11.6 Å². The van der Waals surface area contributed by atoms with Crippen molar-refractivity contribution in [2.45, 2.75) is 69.7 Å². The quantitative estimate of drug-likeness (QED) is 0.591. The third-order valence-corrected chi connectivity index (χ3v) is 8.87.